The monoisotopic (exact) mass is 346 g/mol. The third-order valence-electron chi connectivity index (χ3n) is 4.68. The number of aromatic nitrogens is 1. The molecule has 0 saturated carbocycles. The van der Waals surface area contributed by atoms with Gasteiger partial charge in [0.05, 0.1) is 6.04 Å². The number of carbonyl (C=O) groups is 1. The quantitative estimate of drug-likeness (QED) is 0.834. The average Bonchev–Trinajstić information content (AvgIpc) is 3.20. The zero-order valence-corrected chi connectivity index (χ0v) is 14.3. The highest BCUT2D eigenvalue weighted by Crippen LogP contribution is 2.36. The molecule has 4 rings (SSSR count). The van der Waals surface area contributed by atoms with Gasteiger partial charge in [0, 0.05) is 29.6 Å². The first-order valence-electron chi connectivity index (χ1n) is 8.29. The van der Waals surface area contributed by atoms with E-state index in [4.69, 9.17) is 4.74 Å². The van der Waals surface area contributed by atoms with Crippen LogP contribution in [-0.4, -0.2) is 28.4 Å². The molecule has 0 spiro atoms. The summed E-state index contributed by atoms with van der Waals surface area (Å²) < 4.78 is 19.2. The van der Waals surface area contributed by atoms with Gasteiger partial charge in [0.25, 0.3) is 5.91 Å². The summed E-state index contributed by atoms with van der Waals surface area (Å²) >= 11 is 1.61. The molecule has 3 heterocycles. The number of amides is 1. The molecule has 2 aliphatic heterocycles. The van der Waals surface area contributed by atoms with Crippen molar-refractivity contribution >= 4 is 17.2 Å². The number of rotatable bonds is 2. The number of likely N-dealkylation sites (tertiary alicyclic amines) is 1. The summed E-state index contributed by atoms with van der Waals surface area (Å²) in [5.74, 6) is 0.317. The van der Waals surface area contributed by atoms with E-state index < -0.39 is 6.10 Å². The SMILES string of the molecule is Cc1csc([C@@H]2CCCCN2C(=O)[C@H]2Cc3cc(F)ccc3O2)n1. The lowest BCUT2D eigenvalue weighted by molar-refractivity contribution is -0.142. The number of benzene rings is 1. The summed E-state index contributed by atoms with van der Waals surface area (Å²) in [6.45, 7) is 2.70. The molecule has 0 bridgehead atoms. The smallest absolute Gasteiger partial charge is 0.264 e. The molecule has 1 amide bonds. The highest BCUT2D eigenvalue weighted by Gasteiger charge is 2.37. The molecule has 0 unspecified atom stereocenters. The molecule has 0 radical (unpaired) electrons. The maximum atomic E-state index is 13.4. The summed E-state index contributed by atoms with van der Waals surface area (Å²) in [6.07, 6.45) is 2.92. The molecule has 0 N–H and O–H groups in total. The van der Waals surface area contributed by atoms with Crippen molar-refractivity contribution in [3.8, 4) is 5.75 Å². The number of halogens is 1. The molecule has 4 nitrogen and oxygen atoms in total. The Labute approximate surface area is 144 Å². The average molecular weight is 346 g/mol. The van der Waals surface area contributed by atoms with Crippen molar-refractivity contribution in [1.82, 2.24) is 9.88 Å². The van der Waals surface area contributed by atoms with Crippen LogP contribution in [0.25, 0.3) is 0 Å². The van der Waals surface area contributed by atoms with Crippen LogP contribution in [0.4, 0.5) is 4.39 Å². The molecule has 1 aromatic carbocycles. The Balaban J connectivity index is 1.55. The Morgan fingerprint density at radius 2 is 2.29 bits per heavy atom. The van der Waals surface area contributed by atoms with Crippen LogP contribution in [0.1, 0.15) is 41.6 Å². The second kappa shape index (κ2) is 6.16. The summed E-state index contributed by atoms with van der Waals surface area (Å²) in [4.78, 5) is 19.5. The van der Waals surface area contributed by atoms with Crippen LogP contribution in [0, 0.1) is 12.7 Å². The minimum absolute atomic E-state index is 0.0100. The molecule has 1 saturated heterocycles. The van der Waals surface area contributed by atoms with E-state index in [9.17, 15) is 9.18 Å². The van der Waals surface area contributed by atoms with Crippen molar-refractivity contribution in [2.45, 2.75) is 44.8 Å². The molecule has 2 aliphatic rings. The second-order valence-electron chi connectivity index (χ2n) is 6.43. The lowest BCUT2D eigenvalue weighted by Crippen LogP contribution is -2.45. The van der Waals surface area contributed by atoms with Gasteiger partial charge in [0.15, 0.2) is 6.10 Å². The van der Waals surface area contributed by atoms with E-state index in [-0.39, 0.29) is 17.8 Å². The van der Waals surface area contributed by atoms with Crippen molar-refractivity contribution in [3.63, 3.8) is 0 Å². The minimum Gasteiger partial charge on any atom is -0.480 e. The fourth-order valence-corrected chi connectivity index (χ4v) is 4.46. The molecule has 0 aliphatic carbocycles. The van der Waals surface area contributed by atoms with E-state index in [0.717, 1.165) is 42.1 Å². The lowest BCUT2D eigenvalue weighted by atomic mass is 10.0. The van der Waals surface area contributed by atoms with Crippen LogP contribution in [0.5, 0.6) is 5.75 Å². The first kappa shape index (κ1) is 15.6. The predicted molar refractivity (Wildman–Crippen MR) is 89.7 cm³/mol. The van der Waals surface area contributed by atoms with Crippen LogP contribution in [0.2, 0.25) is 0 Å². The van der Waals surface area contributed by atoms with E-state index >= 15 is 0 Å². The maximum absolute atomic E-state index is 13.4. The molecule has 1 fully saturated rings. The summed E-state index contributed by atoms with van der Waals surface area (Å²) in [7, 11) is 0. The van der Waals surface area contributed by atoms with Gasteiger partial charge in [0.2, 0.25) is 0 Å². The number of piperidine rings is 1. The molecule has 126 valence electrons. The number of ether oxygens (including phenoxy) is 1. The Hall–Kier alpha value is -1.95. The predicted octanol–water partition coefficient (Wildman–Crippen LogP) is 3.65. The van der Waals surface area contributed by atoms with Crippen molar-refractivity contribution in [2.24, 2.45) is 0 Å². The molecule has 2 atom stereocenters. The van der Waals surface area contributed by atoms with Gasteiger partial charge in [-0.15, -0.1) is 11.3 Å². The van der Waals surface area contributed by atoms with Crippen molar-refractivity contribution in [1.29, 1.82) is 0 Å². The van der Waals surface area contributed by atoms with Gasteiger partial charge >= 0.3 is 0 Å². The topological polar surface area (TPSA) is 42.4 Å². The Bertz CT molecular complexity index is 776. The van der Waals surface area contributed by atoms with Gasteiger partial charge in [-0.1, -0.05) is 0 Å². The number of hydrogen-bond acceptors (Lipinski definition) is 4. The zero-order chi connectivity index (χ0) is 16.7. The van der Waals surface area contributed by atoms with Gasteiger partial charge in [0.1, 0.15) is 16.6 Å². The number of hydrogen-bond donors (Lipinski definition) is 0. The summed E-state index contributed by atoms with van der Waals surface area (Å²) in [5, 5.41) is 3.03. The molecular weight excluding hydrogens is 327 g/mol. The number of nitrogens with zero attached hydrogens (tertiary/aromatic N) is 2. The van der Waals surface area contributed by atoms with Gasteiger partial charge in [-0.3, -0.25) is 4.79 Å². The van der Waals surface area contributed by atoms with Crippen LogP contribution in [0.15, 0.2) is 23.6 Å². The third-order valence-corrected chi connectivity index (χ3v) is 5.74. The second-order valence-corrected chi connectivity index (χ2v) is 7.32. The van der Waals surface area contributed by atoms with Crippen LogP contribution in [-0.2, 0) is 11.2 Å². The Morgan fingerprint density at radius 1 is 1.42 bits per heavy atom. The first-order chi connectivity index (χ1) is 11.6. The van der Waals surface area contributed by atoms with E-state index in [1.165, 1.54) is 12.1 Å². The van der Waals surface area contributed by atoms with E-state index in [2.05, 4.69) is 4.98 Å². The van der Waals surface area contributed by atoms with Gasteiger partial charge < -0.3 is 9.64 Å². The molecule has 2 aromatic rings. The maximum Gasteiger partial charge on any atom is 0.264 e. The molecule has 24 heavy (non-hydrogen) atoms. The lowest BCUT2D eigenvalue weighted by Gasteiger charge is -2.35. The standard InChI is InChI=1S/C18H19FN2O2S/c1-11-10-24-17(20-11)14-4-2-3-7-21(14)18(22)16-9-12-8-13(19)5-6-15(12)23-16/h5-6,8,10,14,16H,2-4,7,9H2,1H3/t14-,16+/m0/s1. The fraction of sp³-hybridized carbons (Fsp3) is 0.444. The Morgan fingerprint density at radius 3 is 3.08 bits per heavy atom. The first-order valence-corrected chi connectivity index (χ1v) is 9.17. The molecule has 6 heteroatoms. The van der Waals surface area contributed by atoms with Crippen LogP contribution < -0.4 is 4.74 Å². The number of thiazole rings is 1. The van der Waals surface area contributed by atoms with Crippen molar-refractivity contribution in [2.75, 3.05) is 6.54 Å². The normalized spacial score (nSPS) is 23.0. The van der Waals surface area contributed by atoms with Gasteiger partial charge in [-0.2, -0.15) is 0 Å². The van der Waals surface area contributed by atoms with E-state index in [1.54, 1.807) is 17.4 Å². The van der Waals surface area contributed by atoms with Crippen LogP contribution in [0.3, 0.4) is 0 Å². The fourth-order valence-electron chi connectivity index (χ4n) is 3.52. The molecule has 1 aromatic heterocycles. The number of aryl methyl sites for hydroxylation is 1. The van der Waals surface area contributed by atoms with Gasteiger partial charge in [-0.05, 0) is 44.4 Å². The zero-order valence-electron chi connectivity index (χ0n) is 13.5. The van der Waals surface area contributed by atoms with E-state index in [0.29, 0.717) is 12.2 Å². The number of fused-ring (bicyclic) bond motifs is 1. The highest BCUT2D eigenvalue weighted by atomic mass is 32.1. The largest absolute Gasteiger partial charge is 0.480 e. The Kier molecular flexibility index (Phi) is 4.00. The third kappa shape index (κ3) is 2.79. The van der Waals surface area contributed by atoms with Crippen LogP contribution >= 0.6 is 11.3 Å². The minimum atomic E-state index is -0.552. The van der Waals surface area contributed by atoms with Gasteiger partial charge in [-0.25, -0.2) is 9.37 Å². The van der Waals surface area contributed by atoms with Crippen molar-refractivity contribution in [3.05, 3.63) is 45.7 Å². The van der Waals surface area contributed by atoms with E-state index in [1.807, 2.05) is 17.2 Å². The van der Waals surface area contributed by atoms with Crippen molar-refractivity contribution < 1.29 is 13.9 Å². The summed E-state index contributed by atoms with van der Waals surface area (Å²) in [5.41, 5.74) is 1.76. The molecular formula is C18H19FN2O2S. The summed E-state index contributed by atoms with van der Waals surface area (Å²) in [6, 6.07) is 4.47. The highest BCUT2D eigenvalue weighted by molar-refractivity contribution is 7.09. The number of carbonyl (C=O) groups excluding carboxylic acids is 1.